The Morgan fingerprint density at radius 3 is 2.65 bits per heavy atom. The van der Waals surface area contributed by atoms with E-state index in [9.17, 15) is 4.79 Å². The maximum Gasteiger partial charge on any atom is 0.271 e. The number of fused-ring (bicyclic) bond motifs is 3. The number of hydrogen-bond donors (Lipinski definition) is 0. The minimum Gasteiger partial charge on any atom is -0.496 e. The number of aromatic nitrogens is 1. The second-order valence-electron chi connectivity index (χ2n) is 8.42. The molecule has 0 amide bonds. The number of ether oxygens (including phenoxy) is 1. The van der Waals surface area contributed by atoms with Crippen molar-refractivity contribution in [3.8, 4) is 5.75 Å². The molecule has 0 N–H and O–H groups in total. The van der Waals surface area contributed by atoms with Crippen LogP contribution in [0.4, 0.5) is 0 Å². The molecule has 1 atom stereocenters. The number of hydrogen-bond acceptors (Lipinski definition) is 4. The van der Waals surface area contributed by atoms with Gasteiger partial charge in [-0.2, -0.15) is 0 Å². The maximum atomic E-state index is 13.8. The van der Waals surface area contributed by atoms with E-state index in [4.69, 9.17) is 9.73 Å². The van der Waals surface area contributed by atoms with Crippen LogP contribution >= 0.6 is 33.9 Å². The molecule has 6 heteroatoms. The zero-order valence-corrected chi connectivity index (χ0v) is 21.5. The Kier molecular flexibility index (Phi) is 5.50. The van der Waals surface area contributed by atoms with Gasteiger partial charge in [0.05, 0.1) is 27.0 Å². The van der Waals surface area contributed by atoms with Crippen LogP contribution in [-0.4, -0.2) is 11.7 Å². The van der Waals surface area contributed by atoms with Crippen molar-refractivity contribution in [2.75, 3.05) is 7.11 Å². The molecule has 0 unspecified atom stereocenters. The molecule has 2 heterocycles. The molecule has 4 nitrogen and oxygen atoms in total. The molecule has 168 valence electrons. The van der Waals surface area contributed by atoms with Crippen molar-refractivity contribution in [2.45, 2.75) is 18.9 Å². The summed E-state index contributed by atoms with van der Waals surface area (Å²) in [6.45, 7) is 0. The molecule has 0 spiro atoms. The maximum absolute atomic E-state index is 13.8. The molecule has 0 saturated heterocycles. The molecule has 4 aromatic rings. The Morgan fingerprint density at radius 1 is 1.06 bits per heavy atom. The molecule has 1 aliphatic carbocycles. The van der Waals surface area contributed by atoms with Crippen LogP contribution < -0.4 is 19.6 Å². The third kappa shape index (κ3) is 3.56. The second kappa shape index (κ2) is 8.67. The van der Waals surface area contributed by atoms with Crippen LogP contribution in [0.1, 0.15) is 34.7 Å². The van der Waals surface area contributed by atoms with E-state index in [-0.39, 0.29) is 11.6 Å². The molecule has 1 aliphatic heterocycles. The summed E-state index contributed by atoms with van der Waals surface area (Å²) in [7, 11) is 1.67. The predicted molar refractivity (Wildman–Crippen MR) is 145 cm³/mol. The molecule has 2 aliphatic rings. The number of thiazole rings is 1. The summed E-state index contributed by atoms with van der Waals surface area (Å²) in [5.41, 5.74) is 6.87. The predicted octanol–water partition coefficient (Wildman–Crippen LogP) is 4.93. The van der Waals surface area contributed by atoms with Crippen LogP contribution in [0.3, 0.4) is 0 Å². The van der Waals surface area contributed by atoms with Gasteiger partial charge in [-0.1, -0.05) is 72.0 Å². The fourth-order valence-electron chi connectivity index (χ4n) is 4.88. The molecule has 0 fully saturated rings. The summed E-state index contributed by atoms with van der Waals surface area (Å²) in [5, 5.41) is 0. The highest BCUT2D eigenvalue weighted by Gasteiger charge is 2.32. The highest BCUT2D eigenvalue weighted by atomic mass is 127. The van der Waals surface area contributed by atoms with E-state index in [0.29, 0.717) is 4.53 Å². The van der Waals surface area contributed by atoms with Crippen LogP contribution in [0.25, 0.3) is 11.8 Å². The van der Waals surface area contributed by atoms with Crippen molar-refractivity contribution in [1.82, 2.24) is 4.57 Å². The third-order valence-corrected chi connectivity index (χ3v) is 8.29. The largest absolute Gasteiger partial charge is 0.496 e. The minimum atomic E-state index is -0.140. The van der Waals surface area contributed by atoms with Crippen LogP contribution in [0.2, 0.25) is 0 Å². The monoisotopic (exact) mass is 576 g/mol. The van der Waals surface area contributed by atoms with Gasteiger partial charge in [-0.3, -0.25) is 9.36 Å². The first kappa shape index (κ1) is 21.6. The van der Waals surface area contributed by atoms with Gasteiger partial charge in [-0.05, 0) is 75.9 Å². The average Bonchev–Trinajstić information content (AvgIpc) is 3.17. The van der Waals surface area contributed by atoms with E-state index in [1.165, 1.54) is 28.0 Å². The molecule has 0 radical (unpaired) electrons. The van der Waals surface area contributed by atoms with Crippen molar-refractivity contribution in [1.29, 1.82) is 0 Å². The minimum absolute atomic E-state index is 0.00818. The molecule has 3 aromatic carbocycles. The van der Waals surface area contributed by atoms with Crippen LogP contribution in [0.15, 0.2) is 88.2 Å². The quantitative estimate of drug-likeness (QED) is 0.325. The molecule has 1 aromatic heterocycles. The van der Waals surface area contributed by atoms with E-state index < -0.39 is 0 Å². The van der Waals surface area contributed by atoms with Gasteiger partial charge in [0.25, 0.3) is 5.56 Å². The lowest BCUT2D eigenvalue weighted by Crippen LogP contribution is -2.38. The van der Waals surface area contributed by atoms with Gasteiger partial charge in [0.15, 0.2) is 4.80 Å². The summed E-state index contributed by atoms with van der Waals surface area (Å²) in [5.74, 6) is 0.828. The van der Waals surface area contributed by atoms with Crippen molar-refractivity contribution < 1.29 is 4.74 Å². The Bertz CT molecular complexity index is 1630. The highest BCUT2D eigenvalue weighted by Crippen LogP contribution is 2.41. The molecule has 6 rings (SSSR count). The lowest BCUT2D eigenvalue weighted by atomic mass is 9.83. The first-order chi connectivity index (χ1) is 16.6. The van der Waals surface area contributed by atoms with E-state index in [2.05, 4.69) is 59.0 Å². The van der Waals surface area contributed by atoms with Gasteiger partial charge in [0, 0.05) is 5.56 Å². The van der Waals surface area contributed by atoms with Gasteiger partial charge in [0.2, 0.25) is 0 Å². The van der Waals surface area contributed by atoms with Crippen molar-refractivity contribution in [3.05, 3.63) is 124 Å². The third-order valence-electron chi connectivity index (χ3n) is 6.46. The fraction of sp³-hybridized carbons (Fsp3) is 0.143. The van der Waals surface area contributed by atoms with Gasteiger partial charge >= 0.3 is 0 Å². The van der Waals surface area contributed by atoms with Crippen LogP contribution in [-0.2, 0) is 6.42 Å². The van der Waals surface area contributed by atoms with Gasteiger partial charge in [0.1, 0.15) is 5.75 Å². The first-order valence-electron chi connectivity index (χ1n) is 11.2. The van der Waals surface area contributed by atoms with E-state index >= 15 is 0 Å². The number of methoxy groups -OCH3 is 1. The molecular weight excluding hydrogens is 555 g/mol. The van der Waals surface area contributed by atoms with Crippen LogP contribution in [0, 0.1) is 3.57 Å². The Morgan fingerprint density at radius 2 is 1.85 bits per heavy atom. The van der Waals surface area contributed by atoms with E-state index in [0.717, 1.165) is 43.8 Å². The van der Waals surface area contributed by atoms with Gasteiger partial charge in [-0.25, -0.2) is 4.99 Å². The highest BCUT2D eigenvalue weighted by molar-refractivity contribution is 14.1. The Labute approximate surface area is 214 Å². The lowest BCUT2D eigenvalue weighted by molar-refractivity contribution is 0.412. The first-order valence-corrected chi connectivity index (χ1v) is 13.0. The normalized spacial score (nSPS) is 17.0. The average molecular weight is 576 g/mol. The molecular formula is C28H21IN2O2S. The summed E-state index contributed by atoms with van der Waals surface area (Å²) in [6.07, 6.45) is 3.82. The number of aryl methyl sites for hydroxylation is 1. The zero-order valence-electron chi connectivity index (χ0n) is 18.5. The molecule has 0 saturated carbocycles. The van der Waals surface area contributed by atoms with Crippen LogP contribution in [0.5, 0.6) is 5.75 Å². The number of rotatable bonds is 3. The SMILES string of the molecule is COc1ccc(/C=c2\sc3n(c2=O)[C@H](c2ccccc2)C2=C(N=3)c3ccccc3CC2)cc1I. The van der Waals surface area contributed by atoms with Crippen molar-refractivity contribution >= 4 is 45.7 Å². The van der Waals surface area contributed by atoms with E-state index in [1.807, 2.05) is 47.0 Å². The Balaban J connectivity index is 1.59. The van der Waals surface area contributed by atoms with Crippen molar-refractivity contribution in [2.24, 2.45) is 4.99 Å². The summed E-state index contributed by atoms with van der Waals surface area (Å²) < 4.78 is 8.98. The van der Waals surface area contributed by atoms with Gasteiger partial charge < -0.3 is 4.74 Å². The second-order valence-corrected chi connectivity index (χ2v) is 10.6. The summed E-state index contributed by atoms with van der Waals surface area (Å²) in [4.78, 5) is 19.6. The number of benzene rings is 3. The summed E-state index contributed by atoms with van der Waals surface area (Å²) in [6, 6.07) is 24.7. The van der Waals surface area contributed by atoms with Crippen molar-refractivity contribution in [3.63, 3.8) is 0 Å². The standard InChI is InChI=1S/C28H21IN2O2S/c1-33-23-14-11-17(15-22(23)29)16-24-27(32)31-26(19-8-3-2-4-9-19)21-13-12-18-7-5-6-10-20(18)25(21)30-28(31)34-24/h2-11,14-16,26H,12-13H2,1H3/b24-16-/t26-/m1/s1. The zero-order chi connectivity index (χ0) is 23.2. The lowest BCUT2D eigenvalue weighted by Gasteiger charge is -2.30. The number of allylic oxidation sites excluding steroid dienone is 1. The molecule has 34 heavy (non-hydrogen) atoms. The smallest absolute Gasteiger partial charge is 0.271 e. The van der Waals surface area contributed by atoms with E-state index in [1.54, 1.807) is 7.11 Å². The van der Waals surface area contributed by atoms with Gasteiger partial charge in [-0.15, -0.1) is 0 Å². The number of nitrogens with zero attached hydrogens (tertiary/aromatic N) is 2. The number of halogens is 1. The topological polar surface area (TPSA) is 43.6 Å². The fourth-order valence-corrected chi connectivity index (χ4v) is 6.64. The summed E-state index contributed by atoms with van der Waals surface area (Å²) >= 11 is 3.72. The Hall–Kier alpha value is -2.97. The molecule has 0 bridgehead atoms.